The summed E-state index contributed by atoms with van der Waals surface area (Å²) >= 11 is 0. The number of aromatic amines is 1. The highest BCUT2D eigenvalue weighted by Gasteiger charge is 2.18. The number of carbonyl (C=O) groups excluding carboxylic acids is 1. The van der Waals surface area contributed by atoms with Crippen LogP contribution < -0.4 is 5.73 Å². The van der Waals surface area contributed by atoms with Gasteiger partial charge in [-0.1, -0.05) is 44.2 Å². The summed E-state index contributed by atoms with van der Waals surface area (Å²) in [6.45, 7) is 4.40. The van der Waals surface area contributed by atoms with Crippen LogP contribution in [0.4, 0.5) is 5.95 Å². The molecule has 2 aromatic heterocycles. The number of nitrogens with one attached hydrogen (secondary N) is 1. The van der Waals surface area contributed by atoms with Crippen LogP contribution in [0.3, 0.4) is 0 Å². The second kappa shape index (κ2) is 7.35. The van der Waals surface area contributed by atoms with E-state index in [2.05, 4.69) is 20.2 Å². The van der Waals surface area contributed by atoms with Crippen LogP contribution in [-0.2, 0) is 6.54 Å². The number of nitrogens with zero attached hydrogens (tertiary/aromatic N) is 4. The van der Waals surface area contributed by atoms with E-state index in [9.17, 15) is 4.79 Å². The average Bonchev–Trinajstić information content (AvgIpc) is 3.09. The fourth-order valence-electron chi connectivity index (χ4n) is 2.70. The van der Waals surface area contributed by atoms with E-state index in [1.165, 1.54) is 0 Å². The topological polar surface area (TPSA) is 101 Å². The predicted octanol–water partition coefficient (Wildman–Crippen LogP) is 2.84. The maximum absolute atomic E-state index is 12.8. The number of nitrogen functional groups attached to an aromatic ring is 1. The van der Waals surface area contributed by atoms with Gasteiger partial charge in [-0.05, 0) is 17.5 Å². The zero-order valence-electron chi connectivity index (χ0n) is 15.1. The van der Waals surface area contributed by atoms with Crippen molar-refractivity contribution in [3.63, 3.8) is 0 Å². The van der Waals surface area contributed by atoms with Gasteiger partial charge in [0.25, 0.3) is 5.91 Å². The zero-order valence-corrected chi connectivity index (χ0v) is 15.1. The Morgan fingerprint density at radius 3 is 2.65 bits per heavy atom. The minimum Gasteiger partial charge on any atom is -0.368 e. The lowest BCUT2D eigenvalue weighted by Gasteiger charge is -2.17. The van der Waals surface area contributed by atoms with Gasteiger partial charge in [0.15, 0.2) is 0 Å². The van der Waals surface area contributed by atoms with Crippen molar-refractivity contribution in [2.45, 2.75) is 26.3 Å². The lowest BCUT2D eigenvalue weighted by Crippen LogP contribution is -2.27. The Morgan fingerprint density at radius 2 is 1.96 bits per heavy atom. The van der Waals surface area contributed by atoms with Gasteiger partial charge in [0.2, 0.25) is 5.95 Å². The molecule has 134 valence electrons. The van der Waals surface area contributed by atoms with E-state index in [-0.39, 0.29) is 17.8 Å². The fraction of sp³-hybridized carbons (Fsp3) is 0.263. The third-order valence-corrected chi connectivity index (χ3v) is 4.11. The highest BCUT2D eigenvalue weighted by molar-refractivity contribution is 5.92. The minimum absolute atomic E-state index is 0.112. The molecule has 1 amide bonds. The molecule has 7 nitrogen and oxygen atoms in total. The quantitative estimate of drug-likeness (QED) is 0.737. The average molecular weight is 350 g/mol. The van der Waals surface area contributed by atoms with Gasteiger partial charge in [-0.15, -0.1) is 0 Å². The van der Waals surface area contributed by atoms with Crippen molar-refractivity contribution in [2.24, 2.45) is 0 Å². The van der Waals surface area contributed by atoms with Gasteiger partial charge in [0.1, 0.15) is 5.69 Å². The maximum atomic E-state index is 12.8. The molecule has 0 aliphatic heterocycles. The van der Waals surface area contributed by atoms with Crippen LogP contribution in [0.1, 0.15) is 41.5 Å². The number of hydrogen-bond donors (Lipinski definition) is 2. The summed E-state index contributed by atoms with van der Waals surface area (Å²) in [6.07, 6.45) is 1.74. The Hall–Kier alpha value is -3.22. The lowest BCUT2D eigenvalue weighted by atomic mass is 10.1. The van der Waals surface area contributed by atoms with Crippen LogP contribution in [-0.4, -0.2) is 38.0 Å². The van der Waals surface area contributed by atoms with E-state index < -0.39 is 0 Å². The van der Waals surface area contributed by atoms with E-state index >= 15 is 0 Å². The first-order valence-corrected chi connectivity index (χ1v) is 8.43. The molecule has 0 spiro atoms. The van der Waals surface area contributed by atoms with Gasteiger partial charge in [-0.25, -0.2) is 9.97 Å². The van der Waals surface area contributed by atoms with E-state index in [0.717, 1.165) is 22.5 Å². The number of benzene rings is 1. The molecule has 0 saturated carbocycles. The first-order valence-electron chi connectivity index (χ1n) is 8.43. The molecule has 3 N–H and O–H groups in total. The van der Waals surface area contributed by atoms with Gasteiger partial charge < -0.3 is 10.6 Å². The predicted molar refractivity (Wildman–Crippen MR) is 100 cm³/mol. The van der Waals surface area contributed by atoms with Crippen LogP contribution >= 0.6 is 0 Å². The molecule has 3 aromatic rings. The lowest BCUT2D eigenvalue weighted by molar-refractivity contribution is 0.0779. The minimum atomic E-state index is -0.207. The molecule has 0 atom stereocenters. The van der Waals surface area contributed by atoms with Crippen LogP contribution in [0.15, 0.2) is 42.6 Å². The summed E-state index contributed by atoms with van der Waals surface area (Å²) in [6, 6.07) is 11.6. The van der Waals surface area contributed by atoms with Crippen molar-refractivity contribution in [2.75, 3.05) is 12.8 Å². The number of anilines is 1. The highest BCUT2D eigenvalue weighted by atomic mass is 16.2. The van der Waals surface area contributed by atoms with Crippen LogP contribution in [0, 0.1) is 0 Å². The molecular formula is C19H22N6O. The number of amides is 1. The molecule has 2 heterocycles. The molecule has 26 heavy (non-hydrogen) atoms. The Bertz CT molecular complexity index is 903. The summed E-state index contributed by atoms with van der Waals surface area (Å²) in [4.78, 5) is 22.7. The largest absolute Gasteiger partial charge is 0.368 e. The van der Waals surface area contributed by atoms with E-state index in [1.807, 2.05) is 44.2 Å². The normalized spacial score (nSPS) is 10.9. The van der Waals surface area contributed by atoms with Crippen molar-refractivity contribution < 1.29 is 4.79 Å². The fourth-order valence-corrected chi connectivity index (χ4v) is 2.70. The van der Waals surface area contributed by atoms with Crippen molar-refractivity contribution in [3.8, 4) is 11.3 Å². The summed E-state index contributed by atoms with van der Waals surface area (Å²) in [5, 5.41) is 7.13. The van der Waals surface area contributed by atoms with Gasteiger partial charge in [0, 0.05) is 24.8 Å². The Morgan fingerprint density at radius 1 is 1.23 bits per heavy atom. The monoisotopic (exact) mass is 350 g/mol. The van der Waals surface area contributed by atoms with Crippen molar-refractivity contribution >= 4 is 11.9 Å². The van der Waals surface area contributed by atoms with Crippen LogP contribution in [0.5, 0.6) is 0 Å². The third kappa shape index (κ3) is 3.72. The number of hydrogen-bond acceptors (Lipinski definition) is 5. The molecule has 0 aliphatic carbocycles. The molecule has 0 fully saturated rings. The van der Waals surface area contributed by atoms with Gasteiger partial charge >= 0.3 is 0 Å². The van der Waals surface area contributed by atoms with E-state index in [4.69, 9.17) is 5.73 Å². The van der Waals surface area contributed by atoms with Crippen LogP contribution in [0.25, 0.3) is 11.3 Å². The summed E-state index contributed by atoms with van der Waals surface area (Å²) < 4.78 is 0. The standard InChI is InChI=1S/C19H22N6O/c1-12(2)15-9-16(23-19(20)22-15)18(26)25(3)11-14-10-21-24-17(14)13-7-5-4-6-8-13/h4-10,12H,11H2,1-3H3,(H,21,24)(H2,20,22,23). The molecular weight excluding hydrogens is 328 g/mol. The summed E-state index contributed by atoms with van der Waals surface area (Å²) in [7, 11) is 1.73. The smallest absolute Gasteiger partial charge is 0.272 e. The number of rotatable bonds is 5. The van der Waals surface area contributed by atoms with E-state index in [1.54, 1.807) is 24.2 Å². The Labute approximate surface area is 152 Å². The number of nitrogens with two attached hydrogens (primary N) is 1. The first kappa shape index (κ1) is 17.6. The molecule has 3 rings (SSSR count). The first-order chi connectivity index (χ1) is 12.5. The second-order valence-electron chi connectivity index (χ2n) is 6.49. The van der Waals surface area contributed by atoms with E-state index in [0.29, 0.717) is 12.2 Å². The molecule has 0 bridgehead atoms. The Kier molecular flexibility index (Phi) is 4.97. The third-order valence-electron chi connectivity index (χ3n) is 4.11. The van der Waals surface area contributed by atoms with Crippen LogP contribution in [0.2, 0.25) is 0 Å². The molecule has 0 unspecified atom stereocenters. The molecule has 0 radical (unpaired) electrons. The van der Waals surface area contributed by atoms with Gasteiger partial charge in [-0.3, -0.25) is 9.89 Å². The summed E-state index contributed by atoms with van der Waals surface area (Å²) in [5.74, 6) is 0.0677. The molecule has 1 aromatic carbocycles. The second-order valence-corrected chi connectivity index (χ2v) is 6.49. The number of aromatic nitrogens is 4. The molecule has 0 saturated heterocycles. The van der Waals surface area contributed by atoms with Crippen molar-refractivity contribution in [3.05, 3.63) is 59.5 Å². The highest BCUT2D eigenvalue weighted by Crippen LogP contribution is 2.22. The number of carbonyl (C=O) groups is 1. The number of H-pyrrole nitrogens is 1. The molecule has 7 heteroatoms. The van der Waals surface area contributed by atoms with Crippen molar-refractivity contribution in [1.82, 2.24) is 25.1 Å². The summed E-state index contributed by atoms with van der Waals surface area (Å²) in [5.41, 5.74) is 9.66. The maximum Gasteiger partial charge on any atom is 0.272 e. The Balaban J connectivity index is 1.82. The van der Waals surface area contributed by atoms with Gasteiger partial charge in [0.05, 0.1) is 11.9 Å². The zero-order chi connectivity index (χ0) is 18.7. The molecule has 0 aliphatic rings. The van der Waals surface area contributed by atoms with Crippen molar-refractivity contribution in [1.29, 1.82) is 0 Å². The van der Waals surface area contributed by atoms with Gasteiger partial charge in [-0.2, -0.15) is 5.10 Å². The SMILES string of the molecule is CC(C)c1cc(C(=O)N(C)Cc2cn[nH]c2-c2ccccc2)nc(N)n1.